The third kappa shape index (κ3) is 3.20. The van der Waals surface area contributed by atoms with Crippen molar-refractivity contribution >= 4 is 27.5 Å². The fourth-order valence-corrected chi connectivity index (χ4v) is 3.17. The Labute approximate surface area is 168 Å². The van der Waals surface area contributed by atoms with Gasteiger partial charge in [0.25, 0.3) is 0 Å². The summed E-state index contributed by atoms with van der Waals surface area (Å²) in [5, 5.41) is 8.09. The normalized spacial score (nSPS) is 10.8. The van der Waals surface area contributed by atoms with Gasteiger partial charge in [0, 0.05) is 10.0 Å². The maximum Gasteiger partial charge on any atom is 0.215 e. The lowest BCUT2D eigenvalue weighted by molar-refractivity contribution is 0.1000. The second-order valence-corrected chi connectivity index (χ2v) is 7.05. The molecule has 0 amide bonds. The quantitative estimate of drug-likeness (QED) is 0.434. The van der Waals surface area contributed by atoms with Gasteiger partial charge in [-0.15, -0.1) is 0 Å². The van der Waals surface area contributed by atoms with Crippen LogP contribution in [0, 0.1) is 6.92 Å². The Hall–Kier alpha value is -3.32. The highest BCUT2D eigenvalue weighted by atomic mass is 79.9. The standard InChI is InChI=1S/C21H14BrN3O3/c1-13-17(11-23-25(13)16-5-3-2-4-6-16)21(27)18-12-28-24-19(18)20(26)14-7-9-15(22)10-8-14/h2-12H,1H3. The number of para-hydroxylation sites is 1. The first kappa shape index (κ1) is 18.1. The topological polar surface area (TPSA) is 78.0 Å². The molecule has 0 saturated heterocycles. The van der Waals surface area contributed by atoms with E-state index in [0.29, 0.717) is 16.8 Å². The third-order valence-corrected chi connectivity index (χ3v) is 4.92. The van der Waals surface area contributed by atoms with Crippen molar-refractivity contribution in [1.29, 1.82) is 0 Å². The molecule has 0 saturated carbocycles. The highest BCUT2D eigenvalue weighted by Gasteiger charge is 2.26. The average molecular weight is 436 g/mol. The van der Waals surface area contributed by atoms with Gasteiger partial charge in [0.1, 0.15) is 6.26 Å². The molecule has 2 aromatic heterocycles. The number of carbonyl (C=O) groups excluding carboxylic acids is 2. The lowest BCUT2D eigenvalue weighted by Crippen LogP contribution is -2.11. The second-order valence-electron chi connectivity index (χ2n) is 6.13. The van der Waals surface area contributed by atoms with Crippen molar-refractivity contribution in [1.82, 2.24) is 14.9 Å². The van der Waals surface area contributed by atoms with E-state index in [1.807, 2.05) is 30.3 Å². The molecule has 2 heterocycles. The van der Waals surface area contributed by atoms with Gasteiger partial charge in [-0.3, -0.25) is 9.59 Å². The zero-order valence-electron chi connectivity index (χ0n) is 14.8. The van der Waals surface area contributed by atoms with Crippen molar-refractivity contribution in [3.8, 4) is 5.69 Å². The van der Waals surface area contributed by atoms with Crippen LogP contribution in [0.25, 0.3) is 5.69 Å². The zero-order valence-corrected chi connectivity index (χ0v) is 16.4. The number of ketones is 2. The van der Waals surface area contributed by atoms with Gasteiger partial charge < -0.3 is 4.52 Å². The molecule has 6 nitrogen and oxygen atoms in total. The van der Waals surface area contributed by atoms with Crippen LogP contribution >= 0.6 is 15.9 Å². The van der Waals surface area contributed by atoms with E-state index in [9.17, 15) is 9.59 Å². The maximum absolute atomic E-state index is 13.1. The number of hydrogen-bond acceptors (Lipinski definition) is 5. The van der Waals surface area contributed by atoms with Gasteiger partial charge in [-0.05, 0) is 43.3 Å². The fraction of sp³-hybridized carbons (Fsp3) is 0.0476. The van der Waals surface area contributed by atoms with E-state index in [-0.39, 0.29) is 22.8 Å². The number of halogens is 1. The highest BCUT2D eigenvalue weighted by Crippen LogP contribution is 2.21. The minimum absolute atomic E-state index is 0.0146. The fourth-order valence-electron chi connectivity index (χ4n) is 2.91. The molecule has 0 aliphatic heterocycles. The van der Waals surface area contributed by atoms with Crippen molar-refractivity contribution < 1.29 is 14.1 Å². The summed E-state index contributed by atoms with van der Waals surface area (Å²) in [5.74, 6) is -0.737. The van der Waals surface area contributed by atoms with Crippen molar-refractivity contribution in [2.75, 3.05) is 0 Å². The molecule has 0 spiro atoms. The molecule has 0 atom stereocenters. The monoisotopic (exact) mass is 435 g/mol. The van der Waals surface area contributed by atoms with Crippen molar-refractivity contribution in [3.63, 3.8) is 0 Å². The van der Waals surface area contributed by atoms with Gasteiger partial charge in [0.05, 0.1) is 28.7 Å². The van der Waals surface area contributed by atoms with E-state index in [1.54, 1.807) is 35.9 Å². The van der Waals surface area contributed by atoms with E-state index in [2.05, 4.69) is 26.2 Å². The molecule has 7 heteroatoms. The van der Waals surface area contributed by atoms with Gasteiger partial charge in [0.2, 0.25) is 11.6 Å². The molecule has 0 radical (unpaired) electrons. The summed E-state index contributed by atoms with van der Waals surface area (Å²) in [7, 11) is 0. The smallest absolute Gasteiger partial charge is 0.215 e. The molecule has 4 aromatic rings. The van der Waals surface area contributed by atoms with Gasteiger partial charge >= 0.3 is 0 Å². The van der Waals surface area contributed by atoms with Crippen LogP contribution in [0.1, 0.15) is 37.7 Å². The molecule has 0 aliphatic carbocycles. The summed E-state index contributed by atoms with van der Waals surface area (Å²) in [6, 6.07) is 16.3. The second kappa shape index (κ2) is 7.36. The molecule has 4 rings (SSSR count). The number of aromatic nitrogens is 3. The molecule has 0 N–H and O–H groups in total. The summed E-state index contributed by atoms with van der Waals surface area (Å²) in [4.78, 5) is 25.8. The lowest BCUT2D eigenvalue weighted by atomic mass is 10.00. The minimum atomic E-state index is -0.377. The van der Waals surface area contributed by atoms with Crippen LogP contribution in [0.5, 0.6) is 0 Å². The van der Waals surface area contributed by atoms with Crippen LogP contribution in [0.3, 0.4) is 0 Å². The summed E-state index contributed by atoms with van der Waals surface area (Å²) >= 11 is 3.33. The van der Waals surface area contributed by atoms with Crippen molar-refractivity contribution in [2.24, 2.45) is 0 Å². The van der Waals surface area contributed by atoms with E-state index in [4.69, 9.17) is 4.52 Å². The van der Waals surface area contributed by atoms with Crippen LogP contribution in [0.4, 0.5) is 0 Å². The van der Waals surface area contributed by atoms with Crippen molar-refractivity contribution in [2.45, 2.75) is 6.92 Å². The van der Waals surface area contributed by atoms with Crippen molar-refractivity contribution in [3.05, 3.63) is 99.6 Å². The van der Waals surface area contributed by atoms with Crippen LogP contribution in [-0.2, 0) is 0 Å². The Morgan fingerprint density at radius 2 is 1.68 bits per heavy atom. The average Bonchev–Trinajstić information content (AvgIpc) is 3.35. The maximum atomic E-state index is 13.1. The van der Waals surface area contributed by atoms with Gasteiger partial charge in [-0.25, -0.2) is 4.68 Å². The van der Waals surface area contributed by atoms with Crippen LogP contribution in [0.2, 0.25) is 0 Å². The number of benzene rings is 2. The first-order valence-corrected chi connectivity index (χ1v) is 9.25. The molecule has 0 unspecified atom stereocenters. The minimum Gasteiger partial charge on any atom is -0.363 e. The highest BCUT2D eigenvalue weighted by molar-refractivity contribution is 9.10. The molecular formula is C21H14BrN3O3. The lowest BCUT2D eigenvalue weighted by Gasteiger charge is -2.05. The Morgan fingerprint density at radius 1 is 0.964 bits per heavy atom. The molecule has 138 valence electrons. The zero-order chi connectivity index (χ0) is 19.7. The summed E-state index contributed by atoms with van der Waals surface area (Å²) in [5.41, 5.74) is 2.41. The Kier molecular flexibility index (Phi) is 4.75. The van der Waals surface area contributed by atoms with Gasteiger partial charge in [-0.1, -0.05) is 39.3 Å². The first-order chi connectivity index (χ1) is 13.6. The van der Waals surface area contributed by atoms with Crippen LogP contribution in [-0.4, -0.2) is 26.5 Å². The molecular weight excluding hydrogens is 422 g/mol. The van der Waals surface area contributed by atoms with E-state index in [1.165, 1.54) is 12.5 Å². The molecule has 0 bridgehead atoms. The van der Waals surface area contributed by atoms with Crippen LogP contribution in [0.15, 0.2) is 76.1 Å². The molecule has 28 heavy (non-hydrogen) atoms. The predicted octanol–water partition coefficient (Wildman–Crippen LogP) is 4.39. The number of carbonyl (C=O) groups is 2. The third-order valence-electron chi connectivity index (χ3n) is 4.39. The number of nitrogens with zero attached hydrogens (tertiary/aromatic N) is 3. The summed E-state index contributed by atoms with van der Waals surface area (Å²) in [6.07, 6.45) is 2.69. The Bertz CT molecular complexity index is 1160. The Balaban J connectivity index is 1.69. The largest absolute Gasteiger partial charge is 0.363 e. The molecule has 2 aromatic carbocycles. The predicted molar refractivity (Wildman–Crippen MR) is 106 cm³/mol. The van der Waals surface area contributed by atoms with E-state index >= 15 is 0 Å². The first-order valence-electron chi connectivity index (χ1n) is 8.45. The molecule has 0 aliphatic rings. The number of rotatable bonds is 5. The summed E-state index contributed by atoms with van der Waals surface area (Å²) in [6.45, 7) is 1.80. The SMILES string of the molecule is Cc1c(C(=O)c2conc2C(=O)c2ccc(Br)cc2)cnn1-c1ccccc1. The van der Waals surface area contributed by atoms with E-state index < -0.39 is 0 Å². The van der Waals surface area contributed by atoms with Gasteiger partial charge in [-0.2, -0.15) is 5.10 Å². The molecule has 0 fully saturated rings. The van der Waals surface area contributed by atoms with Crippen LogP contribution < -0.4 is 0 Å². The van der Waals surface area contributed by atoms with E-state index in [0.717, 1.165) is 10.2 Å². The van der Waals surface area contributed by atoms with Gasteiger partial charge in [0.15, 0.2) is 5.69 Å². The Morgan fingerprint density at radius 3 is 2.39 bits per heavy atom. The number of hydrogen-bond donors (Lipinski definition) is 0. The summed E-state index contributed by atoms with van der Waals surface area (Å²) < 4.78 is 7.49.